The predicted octanol–water partition coefficient (Wildman–Crippen LogP) is 8.16. The Morgan fingerprint density at radius 3 is 2.26 bits per heavy atom. The van der Waals surface area contributed by atoms with Gasteiger partial charge in [0.1, 0.15) is 11.8 Å². The van der Waals surface area contributed by atoms with Gasteiger partial charge in [0, 0.05) is 18.8 Å². The minimum atomic E-state index is -4.73. The Morgan fingerprint density at radius 2 is 1.68 bits per heavy atom. The highest BCUT2D eigenvalue weighted by atomic mass is 19.4. The molecule has 6 rings (SSSR count). The first-order chi connectivity index (χ1) is 25.1. The summed E-state index contributed by atoms with van der Waals surface area (Å²) in [5, 5.41) is 13.0. The normalized spacial score (nSPS) is 17.8. The number of ether oxygens (including phenoxy) is 1. The molecule has 3 aliphatic rings. The first kappa shape index (κ1) is 38.6. The van der Waals surface area contributed by atoms with Gasteiger partial charge in [0.15, 0.2) is 0 Å². The average Bonchev–Trinajstić information content (AvgIpc) is 3.77. The second-order valence-electron chi connectivity index (χ2n) is 15.9. The Bertz CT molecular complexity index is 1880. The van der Waals surface area contributed by atoms with E-state index in [4.69, 9.17) is 4.74 Å². The van der Waals surface area contributed by atoms with Gasteiger partial charge in [-0.05, 0) is 159 Å². The van der Waals surface area contributed by atoms with E-state index in [-0.39, 0.29) is 17.9 Å². The Kier molecular flexibility index (Phi) is 11.4. The number of methoxy groups -OCH3 is 1. The van der Waals surface area contributed by atoms with Crippen molar-refractivity contribution in [1.82, 2.24) is 14.8 Å². The van der Waals surface area contributed by atoms with E-state index in [1.165, 1.54) is 24.6 Å². The van der Waals surface area contributed by atoms with Crippen LogP contribution in [-0.2, 0) is 28.6 Å². The number of pyridine rings is 1. The summed E-state index contributed by atoms with van der Waals surface area (Å²) in [5.41, 5.74) is 5.16. The molecule has 0 unspecified atom stereocenters. The molecule has 2 aliphatic carbocycles. The molecule has 2 fully saturated rings. The van der Waals surface area contributed by atoms with Crippen LogP contribution < -0.4 is 15.6 Å². The molecule has 1 aromatic heterocycles. The smallest absolute Gasteiger partial charge is 0.416 e. The number of carboxylic acid groups (broad SMARTS) is 1. The summed E-state index contributed by atoms with van der Waals surface area (Å²) in [6.45, 7) is 10.1. The molecular weight excluding hydrogens is 683 g/mol. The number of likely N-dealkylation sites (tertiary alicyclic amines) is 1. The van der Waals surface area contributed by atoms with Crippen molar-refractivity contribution in [3.05, 3.63) is 85.8 Å². The van der Waals surface area contributed by atoms with Gasteiger partial charge < -0.3 is 24.6 Å². The van der Waals surface area contributed by atoms with Crippen LogP contribution in [0.5, 0.6) is 5.75 Å². The Balaban J connectivity index is 1.36. The molecule has 53 heavy (non-hydrogen) atoms. The summed E-state index contributed by atoms with van der Waals surface area (Å²) in [4.78, 5) is 42.6. The SMILES string of the molecule is COc1cc(C)c(-c2cc([C@H](CC(=O)O)NC(=O)[C@H](CC(C)C)n3cc(C4CCN(CC5CC5)CC4)c(C(F)(F)F)cc3=O)cc3c2CCC3)c(C)c1. The van der Waals surface area contributed by atoms with Crippen LogP contribution in [0.2, 0.25) is 0 Å². The number of carbonyl (C=O) groups excluding carboxylic acids is 1. The highest BCUT2D eigenvalue weighted by molar-refractivity contribution is 5.82. The molecule has 0 bridgehead atoms. The van der Waals surface area contributed by atoms with Crippen molar-refractivity contribution < 1.29 is 32.6 Å². The number of piperidine rings is 1. The molecule has 1 aliphatic heterocycles. The fourth-order valence-electron chi connectivity index (χ4n) is 8.58. The molecule has 2 atom stereocenters. The molecule has 286 valence electrons. The van der Waals surface area contributed by atoms with Gasteiger partial charge in [-0.3, -0.25) is 14.4 Å². The topological polar surface area (TPSA) is 101 Å². The van der Waals surface area contributed by atoms with Crippen molar-refractivity contribution in [2.24, 2.45) is 11.8 Å². The number of halogens is 3. The number of hydrogen-bond acceptors (Lipinski definition) is 5. The molecule has 0 spiro atoms. The van der Waals surface area contributed by atoms with E-state index in [2.05, 4.69) is 10.2 Å². The summed E-state index contributed by atoms with van der Waals surface area (Å²) >= 11 is 0. The van der Waals surface area contributed by atoms with E-state index in [9.17, 15) is 32.7 Å². The fourth-order valence-corrected chi connectivity index (χ4v) is 8.58. The zero-order valence-corrected chi connectivity index (χ0v) is 31.4. The van der Waals surface area contributed by atoms with Gasteiger partial charge in [0.05, 0.1) is 25.1 Å². The van der Waals surface area contributed by atoms with Gasteiger partial charge >= 0.3 is 12.1 Å². The molecular formula is C42H52F3N3O5. The van der Waals surface area contributed by atoms with E-state index in [0.717, 1.165) is 63.9 Å². The standard InChI is InChI=1S/C42H52F3N3O5/c1-24(2)15-37(48-23-34(35(20-38(48)49)42(43,44)45)28-11-13-47(14-12-28)22-27-9-10-27)41(52)46-36(21-39(50)51)30-18-29-7-6-8-32(29)33(19-30)40-25(3)16-31(53-5)17-26(40)4/h16-20,23-24,27-28,36-37H,6-15,21-22H2,1-5H3,(H,46,52)(H,50,51)/t36-,37-/m0/s1. The number of amides is 1. The lowest BCUT2D eigenvalue weighted by atomic mass is 9.86. The van der Waals surface area contributed by atoms with Gasteiger partial charge in [-0.25, -0.2) is 0 Å². The van der Waals surface area contributed by atoms with Crippen molar-refractivity contribution in [1.29, 1.82) is 0 Å². The zero-order valence-electron chi connectivity index (χ0n) is 31.4. The van der Waals surface area contributed by atoms with Gasteiger partial charge in [-0.2, -0.15) is 13.2 Å². The second kappa shape index (κ2) is 15.7. The number of aromatic nitrogens is 1. The summed E-state index contributed by atoms with van der Waals surface area (Å²) in [5.74, 6) is -0.804. The lowest BCUT2D eigenvalue weighted by molar-refractivity contribution is -0.139. The van der Waals surface area contributed by atoms with Crippen molar-refractivity contribution in [3.63, 3.8) is 0 Å². The maximum atomic E-state index is 14.5. The minimum absolute atomic E-state index is 0.0420. The first-order valence-corrected chi connectivity index (χ1v) is 19.0. The van der Waals surface area contributed by atoms with Crippen molar-refractivity contribution in [2.45, 2.75) is 110 Å². The molecule has 2 aromatic carbocycles. The molecule has 8 nitrogen and oxygen atoms in total. The number of fused-ring (bicyclic) bond motifs is 1. The second-order valence-corrected chi connectivity index (χ2v) is 15.9. The lowest BCUT2D eigenvalue weighted by Crippen LogP contribution is -2.41. The van der Waals surface area contributed by atoms with Crippen LogP contribution >= 0.6 is 0 Å². The Labute approximate surface area is 309 Å². The number of aryl methyl sites for hydroxylation is 3. The molecule has 1 amide bonds. The molecule has 2 N–H and O–H groups in total. The summed E-state index contributed by atoms with van der Waals surface area (Å²) in [6, 6.07) is 6.44. The predicted molar refractivity (Wildman–Crippen MR) is 198 cm³/mol. The van der Waals surface area contributed by atoms with Crippen molar-refractivity contribution in [3.8, 4) is 16.9 Å². The summed E-state index contributed by atoms with van der Waals surface area (Å²) in [7, 11) is 1.62. The quantitative estimate of drug-likeness (QED) is 0.184. The third-order valence-corrected chi connectivity index (χ3v) is 11.3. The van der Waals surface area contributed by atoms with E-state index >= 15 is 0 Å². The maximum Gasteiger partial charge on any atom is 0.416 e. The van der Waals surface area contributed by atoms with Crippen LogP contribution in [0.15, 0.2) is 41.3 Å². The number of alkyl halides is 3. The first-order valence-electron chi connectivity index (χ1n) is 19.0. The van der Waals surface area contributed by atoms with Gasteiger partial charge in [0.25, 0.3) is 5.56 Å². The van der Waals surface area contributed by atoms with Gasteiger partial charge in [-0.15, -0.1) is 0 Å². The lowest BCUT2D eigenvalue weighted by Gasteiger charge is -2.34. The minimum Gasteiger partial charge on any atom is -0.497 e. The van der Waals surface area contributed by atoms with Crippen molar-refractivity contribution >= 4 is 11.9 Å². The summed E-state index contributed by atoms with van der Waals surface area (Å²) in [6.07, 6.45) is 2.41. The third-order valence-electron chi connectivity index (χ3n) is 11.3. The van der Waals surface area contributed by atoms with E-state index < -0.39 is 53.6 Å². The van der Waals surface area contributed by atoms with Crippen LogP contribution in [0.3, 0.4) is 0 Å². The van der Waals surface area contributed by atoms with Crippen LogP contribution in [0, 0.1) is 25.7 Å². The molecule has 3 aromatic rings. The average molecular weight is 736 g/mol. The van der Waals surface area contributed by atoms with E-state index in [1.807, 2.05) is 52.0 Å². The molecule has 2 heterocycles. The Hall–Kier alpha value is -4.12. The number of carbonyl (C=O) groups is 2. The van der Waals surface area contributed by atoms with Crippen LogP contribution in [0.4, 0.5) is 13.2 Å². The number of hydrogen-bond donors (Lipinski definition) is 2. The van der Waals surface area contributed by atoms with Gasteiger partial charge in [0.2, 0.25) is 5.91 Å². The fraction of sp³-hybridized carbons (Fsp3) is 0.548. The highest BCUT2D eigenvalue weighted by Gasteiger charge is 2.39. The molecule has 0 radical (unpaired) electrons. The van der Waals surface area contributed by atoms with Crippen molar-refractivity contribution in [2.75, 3.05) is 26.7 Å². The van der Waals surface area contributed by atoms with Crippen LogP contribution in [-0.4, -0.2) is 53.2 Å². The number of rotatable bonds is 13. The number of nitrogens with zero attached hydrogens (tertiary/aromatic N) is 2. The number of benzene rings is 2. The van der Waals surface area contributed by atoms with Crippen LogP contribution in [0.1, 0.15) is 116 Å². The molecule has 1 saturated carbocycles. The van der Waals surface area contributed by atoms with E-state index in [1.54, 1.807) is 7.11 Å². The third kappa shape index (κ3) is 8.82. The molecule has 1 saturated heterocycles. The monoisotopic (exact) mass is 735 g/mol. The number of nitrogens with one attached hydrogen (secondary N) is 1. The Morgan fingerprint density at radius 1 is 1.00 bits per heavy atom. The molecule has 11 heteroatoms. The van der Waals surface area contributed by atoms with Crippen LogP contribution in [0.25, 0.3) is 11.1 Å². The van der Waals surface area contributed by atoms with E-state index in [0.29, 0.717) is 43.5 Å². The number of aliphatic carboxylic acids is 1. The van der Waals surface area contributed by atoms with Gasteiger partial charge in [-0.1, -0.05) is 19.9 Å². The number of carboxylic acids is 1. The zero-order chi connectivity index (χ0) is 38.2. The summed E-state index contributed by atoms with van der Waals surface area (Å²) < 4.78 is 50.0. The largest absolute Gasteiger partial charge is 0.497 e. The maximum absolute atomic E-state index is 14.5. The highest BCUT2D eigenvalue weighted by Crippen LogP contribution is 2.42.